The number of hydrogen-bond acceptors (Lipinski definition) is 0. The molecule has 0 N–H and O–H groups in total. The minimum atomic E-state index is 1.23. The van der Waals surface area contributed by atoms with Crippen LogP contribution >= 0.6 is 0 Å². The molecule has 0 aliphatic heterocycles. The quantitative estimate of drug-likeness (QED) is 0.189. The van der Waals surface area contributed by atoms with E-state index in [1.54, 1.807) is 0 Å². The standard InChI is InChI=1S/C44H28/c1-2-8-29(9-3-1)30-16-18-33(19-17-30)41-28-42(40-27-25-36-13-6-12-35-24-26-39(41)44(40)43(35)36)34-22-20-32(21-23-34)38-15-7-11-31-10-4-5-14-37(31)38/h1-28H. The van der Waals surface area contributed by atoms with Gasteiger partial charge in [0.2, 0.25) is 0 Å². The Labute approximate surface area is 256 Å². The zero-order valence-corrected chi connectivity index (χ0v) is 24.2. The molecule has 44 heavy (non-hydrogen) atoms. The summed E-state index contributed by atoms with van der Waals surface area (Å²) in [7, 11) is 0. The van der Waals surface area contributed by atoms with Gasteiger partial charge in [-0.25, -0.2) is 0 Å². The van der Waals surface area contributed by atoms with Gasteiger partial charge in [-0.3, -0.25) is 0 Å². The summed E-state index contributed by atoms with van der Waals surface area (Å²) in [5, 5.41) is 10.4. The second kappa shape index (κ2) is 9.93. The number of fused-ring (bicyclic) bond motifs is 1. The smallest absolute Gasteiger partial charge is 0.00143 e. The Kier molecular flexibility index (Phi) is 5.61. The summed E-state index contributed by atoms with van der Waals surface area (Å²) in [6.45, 7) is 0. The summed E-state index contributed by atoms with van der Waals surface area (Å²) >= 11 is 0. The molecule has 0 heteroatoms. The fourth-order valence-electron chi connectivity index (χ4n) is 7.09. The molecule has 204 valence electrons. The second-order valence-electron chi connectivity index (χ2n) is 11.7. The summed E-state index contributed by atoms with van der Waals surface area (Å²) in [4.78, 5) is 0. The molecule has 0 radical (unpaired) electrons. The van der Waals surface area contributed by atoms with Gasteiger partial charge in [0.1, 0.15) is 0 Å². The van der Waals surface area contributed by atoms with Gasteiger partial charge in [0.25, 0.3) is 0 Å². The van der Waals surface area contributed by atoms with Gasteiger partial charge in [-0.15, -0.1) is 0 Å². The van der Waals surface area contributed by atoms with Crippen LogP contribution < -0.4 is 0 Å². The van der Waals surface area contributed by atoms with E-state index in [9.17, 15) is 0 Å². The zero-order valence-electron chi connectivity index (χ0n) is 24.2. The third kappa shape index (κ3) is 3.92. The molecule has 0 atom stereocenters. The highest BCUT2D eigenvalue weighted by Gasteiger charge is 2.17. The molecule has 0 heterocycles. The molecule has 0 amide bonds. The molecule has 0 saturated heterocycles. The average Bonchev–Trinajstić information content (AvgIpc) is 3.11. The largest absolute Gasteiger partial charge is 0.0622 e. The van der Waals surface area contributed by atoms with E-state index in [0.717, 1.165) is 0 Å². The molecule has 0 spiro atoms. The normalized spacial score (nSPS) is 11.6. The lowest BCUT2D eigenvalue weighted by Crippen LogP contribution is -1.91. The van der Waals surface area contributed by atoms with Gasteiger partial charge in [-0.1, -0.05) is 164 Å². The molecule has 0 aliphatic carbocycles. The molecular formula is C44H28. The van der Waals surface area contributed by atoms with Crippen molar-refractivity contribution < 1.29 is 0 Å². The Bertz CT molecular complexity index is 2430. The molecule has 9 aromatic carbocycles. The lowest BCUT2D eigenvalue weighted by atomic mass is 9.85. The highest BCUT2D eigenvalue weighted by molar-refractivity contribution is 6.28. The molecule has 9 aromatic rings. The van der Waals surface area contributed by atoms with Gasteiger partial charge in [0.05, 0.1) is 0 Å². The maximum absolute atomic E-state index is 2.41. The molecule has 9 rings (SSSR count). The maximum Gasteiger partial charge on any atom is -0.00143 e. The van der Waals surface area contributed by atoms with Gasteiger partial charge in [0.15, 0.2) is 0 Å². The van der Waals surface area contributed by atoms with Crippen molar-refractivity contribution in [3.63, 3.8) is 0 Å². The predicted molar refractivity (Wildman–Crippen MR) is 189 cm³/mol. The van der Waals surface area contributed by atoms with Crippen LogP contribution in [0.1, 0.15) is 0 Å². The molecular weight excluding hydrogens is 528 g/mol. The highest BCUT2D eigenvalue weighted by Crippen LogP contribution is 2.44. The highest BCUT2D eigenvalue weighted by atomic mass is 14.2. The van der Waals surface area contributed by atoms with Crippen molar-refractivity contribution in [2.75, 3.05) is 0 Å². The molecule has 0 saturated carbocycles. The first-order chi connectivity index (χ1) is 21.8. The van der Waals surface area contributed by atoms with Gasteiger partial charge in [0, 0.05) is 0 Å². The number of rotatable bonds is 4. The zero-order chi connectivity index (χ0) is 29.0. The van der Waals surface area contributed by atoms with E-state index in [0.29, 0.717) is 0 Å². The summed E-state index contributed by atoms with van der Waals surface area (Å²) in [5.74, 6) is 0. The van der Waals surface area contributed by atoms with Crippen LogP contribution in [-0.4, -0.2) is 0 Å². The van der Waals surface area contributed by atoms with Crippen LogP contribution in [0.5, 0.6) is 0 Å². The number of benzene rings is 9. The van der Waals surface area contributed by atoms with E-state index in [2.05, 4.69) is 170 Å². The first-order valence-electron chi connectivity index (χ1n) is 15.3. The van der Waals surface area contributed by atoms with Gasteiger partial charge in [-0.2, -0.15) is 0 Å². The van der Waals surface area contributed by atoms with E-state index >= 15 is 0 Å². The molecule has 0 bridgehead atoms. The van der Waals surface area contributed by atoms with E-state index in [-0.39, 0.29) is 0 Å². The van der Waals surface area contributed by atoms with Crippen LogP contribution in [0.3, 0.4) is 0 Å². The Morgan fingerprint density at radius 3 is 1.36 bits per heavy atom. The Morgan fingerprint density at radius 1 is 0.227 bits per heavy atom. The Hall–Kier alpha value is -5.72. The molecule has 0 aliphatic rings. The van der Waals surface area contributed by atoms with Crippen molar-refractivity contribution in [1.82, 2.24) is 0 Å². The van der Waals surface area contributed by atoms with Crippen LogP contribution in [0.4, 0.5) is 0 Å². The fourth-order valence-corrected chi connectivity index (χ4v) is 7.09. The third-order valence-electron chi connectivity index (χ3n) is 9.25. The minimum absolute atomic E-state index is 1.23. The van der Waals surface area contributed by atoms with E-state index in [1.165, 1.54) is 87.6 Å². The second-order valence-corrected chi connectivity index (χ2v) is 11.7. The summed E-state index contributed by atoms with van der Waals surface area (Å²) in [6, 6.07) is 62.3. The molecule has 0 unspecified atom stereocenters. The van der Waals surface area contributed by atoms with Crippen molar-refractivity contribution >= 4 is 43.1 Å². The van der Waals surface area contributed by atoms with E-state index in [1.807, 2.05) is 0 Å². The van der Waals surface area contributed by atoms with Crippen LogP contribution in [0.2, 0.25) is 0 Å². The summed E-state index contributed by atoms with van der Waals surface area (Å²) in [6.07, 6.45) is 0. The topological polar surface area (TPSA) is 0 Å². The maximum atomic E-state index is 2.41. The molecule has 0 aromatic heterocycles. The fraction of sp³-hybridized carbons (Fsp3) is 0. The van der Waals surface area contributed by atoms with Crippen molar-refractivity contribution in [3.8, 4) is 44.5 Å². The van der Waals surface area contributed by atoms with Crippen LogP contribution in [0.25, 0.3) is 87.6 Å². The summed E-state index contributed by atoms with van der Waals surface area (Å²) < 4.78 is 0. The van der Waals surface area contributed by atoms with E-state index < -0.39 is 0 Å². The first-order valence-corrected chi connectivity index (χ1v) is 15.3. The molecule has 0 fully saturated rings. The number of hydrogen-bond donors (Lipinski definition) is 0. The molecule has 0 nitrogen and oxygen atoms in total. The van der Waals surface area contributed by atoms with E-state index in [4.69, 9.17) is 0 Å². The van der Waals surface area contributed by atoms with Crippen molar-refractivity contribution in [1.29, 1.82) is 0 Å². The SMILES string of the molecule is c1ccc(-c2ccc(-c3cc(-c4ccc(-c5cccc6ccccc56)cc4)c4ccc5cccc6ccc3c4c65)cc2)cc1. The lowest BCUT2D eigenvalue weighted by Gasteiger charge is -2.18. The van der Waals surface area contributed by atoms with Crippen LogP contribution in [-0.2, 0) is 0 Å². The van der Waals surface area contributed by atoms with Crippen LogP contribution in [0.15, 0.2) is 170 Å². The first kappa shape index (κ1) is 24.8. The van der Waals surface area contributed by atoms with Crippen molar-refractivity contribution in [3.05, 3.63) is 170 Å². The van der Waals surface area contributed by atoms with Crippen molar-refractivity contribution in [2.45, 2.75) is 0 Å². The lowest BCUT2D eigenvalue weighted by molar-refractivity contribution is 1.60. The predicted octanol–water partition coefficient (Wildman–Crippen LogP) is 12.4. The Balaban J connectivity index is 1.25. The minimum Gasteiger partial charge on any atom is -0.0622 e. The van der Waals surface area contributed by atoms with Gasteiger partial charge >= 0.3 is 0 Å². The van der Waals surface area contributed by atoms with Crippen LogP contribution in [0, 0.1) is 0 Å². The summed E-state index contributed by atoms with van der Waals surface area (Å²) in [5.41, 5.74) is 9.97. The third-order valence-corrected chi connectivity index (χ3v) is 9.25. The monoisotopic (exact) mass is 556 g/mol. The van der Waals surface area contributed by atoms with Gasteiger partial charge in [-0.05, 0) is 93.7 Å². The average molecular weight is 557 g/mol. The Morgan fingerprint density at radius 2 is 0.705 bits per heavy atom. The van der Waals surface area contributed by atoms with Gasteiger partial charge < -0.3 is 0 Å². The van der Waals surface area contributed by atoms with Crippen molar-refractivity contribution in [2.24, 2.45) is 0 Å².